The van der Waals surface area contributed by atoms with Crippen molar-refractivity contribution in [2.24, 2.45) is 21.7 Å². The lowest BCUT2D eigenvalue weighted by Crippen LogP contribution is -2.54. The van der Waals surface area contributed by atoms with Crippen molar-refractivity contribution in [3.63, 3.8) is 0 Å². The van der Waals surface area contributed by atoms with Crippen molar-refractivity contribution in [2.45, 2.75) is 90.8 Å². The first kappa shape index (κ1) is 92.0. The van der Waals surface area contributed by atoms with Crippen LogP contribution >= 0.6 is 0 Å². The van der Waals surface area contributed by atoms with E-state index in [1.54, 1.807) is 0 Å². The maximum absolute atomic E-state index is 13.8. The Bertz CT molecular complexity index is 3020. The van der Waals surface area contributed by atoms with Gasteiger partial charge in [0.05, 0.1) is 48.1 Å². The molecule has 1 aromatic heterocycles. The van der Waals surface area contributed by atoms with Crippen LogP contribution in [-0.2, 0) is 134 Å². The van der Waals surface area contributed by atoms with Crippen LogP contribution in [-0.4, -0.2) is 204 Å². The second-order valence-electron chi connectivity index (χ2n) is 23.6. The molecule has 0 aliphatic carbocycles. The van der Waals surface area contributed by atoms with Gasteiger partial charge >= 0.3 is 88.9 Å². The van der Waals surface area contributed by atoms with Gasteiger partial charge in [-0.3, -0.25) is 0 Å². The summed E-state index contributed by atoms with van der Waals surface area (Å²) in [7, 11) is 0. The van der Waals surface area contributed by atoms with Crippen LogP contribution in [0.15, 0.2) is 141 Å². The first-order valence-corrected chi connectivity index (χ1v) is 33.0. The van der Waals surface area contributed by atoms with Crippen LogP contribution < -0.4 is 27.7 Å². The number of hydrogen-bond donors (Lipinski definition) is 2. The number of unbranched alkanes of at least 4 members (excludes halogenated alkanes) is 7. The molecular formula is C71H97N5O29. The summed E-state index contributed by atoms with van der Waals surface area (Å²) in [6.45, 7) is 26.2. The molecule has 1 heterocycles. The molecule has 1 rings (SSSR count). The summed E-state index contributed by atoms with van der Waals surface area (Å²) < 4.78 is 79.0. The lowest BCUT2D eigenvalue weighted by Gasteiger charge is -2.35. The van der Waals surface area contributed by atoms with Crippen molar-refractivity contribution < 1.29 is 124 Å². The smallest absolute Gasteiger partial charge is 0.407 e. The van der Waals surface area contributed by atoms with Gasteiger partial charge in [-0.25, -0.2) is 85.6 Å². The standard InChI is InChI=1S/C71H97N5O29/c1-12-23-34-74-65(89)75(35-30-26-24-28-32-72-63(87)104-51-70(47-100-59(83)19-8,48-101-60(84)20-9)39-92-37-68(41-94-53(77)13-2,42-95-54(78)14-3)43-96-55(79)15-4)67(91)76(66(74)90)36-31-27-25-29-33-73-64(88)105-52-71(49-102-61(85)21-10,50-103-62(86)22-11)40-93-38-69(44-97-56(80)16-5,45-98-57(81)17-6)46-99-58(82)18-7/h13-22H,2-12,23-52H2,1H3,(H,72,87)(H,73,88). The molecule has 580 valence electrons. The number of ether oxygens (including phenoxy) is 14. The van der Waals surface area contributed by atoms with Crippen LogP contribution in [0.2, 0.25) is 0 Å². The van der Waals surface area contributed by atoms with Crippen LogP contribution in [0.5, 0.6) is 0 Å². The summed E-state index contributed by atoms with van der Waals surface area (Å²) in [6.07, 6.45) is 10.9. The average molecular weight is 1480 g/mol. The summed E-state index contributed by atoms with van der Waals surface area (Å²) in [5.41, 5.74) is -8.95. The fourth-order valence-corrected chi connectivity index (χ4v) is 8.79. The molecule has 2 amide bonds. The van der Waals surface area contributed by atoms with Gasteiger partial charge in [-0.2, -0.15) is 0 Å². The lowest BCUT2D eigenvalue weighted by molar-refractivity contribution is -0.170. The van der Waals surface area contributed by atoms with Gasteiger partial charge in [0.25, 0.3) is 0 Å². The molecule has 0 fully saturated rings. The van der Waals surface area contributed by atoms with Gasteiger partial charge in [0, 0.05) is 93.5 Å². The zero-order valence-electron chi connectivity index (χ0n) is 59.4. The number of alkyl carbamates (subject to hydrolysis) is 2. The van der Waals surface area contributed by atoms with E-state index in [2.05, 4.69) is 76.4 Å². The van der Waals surface area contributed by atoms with Crippen molar-refractivity contribution in [1.29, 1.82) is 0 Å². The lowest BCUT2D eigenvalue weighted by atomic mass is 9.90. The van der Waals surface area contributed by atoms with E-state index in [1.165, 1.54) is 0 Å². The Kier molecular flexibility index (Phi) is 44.8. The minimum Gasteiger partial charge on any atom is -0.462 e. The second kappa shape index (κ2) is 51.2. The molecule has 105 heavy (non-hydrogen) atoms. The van der Waals surface area contributed by atoms with E-state index in [0.29, 0.717) is 64.2 Å². The van der Waals surface area contributed by atoms with E-state index in [0.717, 1.165) is 74.5 Å². The Hall–Kier alpha value is -11.0. The van der Waals surface area contributed by atoms with Crippen LogP contribution in [0.3, 0.4) is 0 Å². The van der Waals surface area contributed by atoms with E-state index in [1.807, 2.05) is 6.92 Å². The average Bonchev–Trinajstić information content (AvgIpc) is 0.785. The molecule has 1 aromatic rings. The fraction of sp³-hybridized carbons (Fsp3) is 0.507. The molecule has 34 nitrogen and oxygen atoms in total. The normalized spacial score (nSPS) is 11.0. The first-order valence-electron chi connectivity index (χ1n) is 33.0. The van der Waals surface area contributed by atoms with Crippen molar-refractivity contribution in [3.05, 3.63) is 158 Å². The number of carbonyl (C=O) groups is 12. The molecule has 0 unspecified atom stereocenters. The number of nitrogens with zero attached hydrogens (tertiary/aromatic N) is 3. The first-order chi connectivity index (χ1) is 50.1. The summed E-state index contributed by atoms with van der Waals surface area (Å²) in [4.78, 5) is 190. The molecule has 0 aliphatic heterocycles. The third kappa shape index (κ3) is 36.6. The van der Waals surface area contributed by atoms with Crippen molar-refractivity contribution in [3.8, 4) is 0 Å². The molecule has 0 radical (unpaired) electrons. The van der Waals surface area contributed by atoms with E-state index in [-0.39, 0.29) is 32.7 Å². The summed E-state index contributed by atoms with van der Waals surface area (Å²) >= 11 is 0. The Morgan fingerprint density at radius 2 is 0.457 bits per heavy atom. The van der Waals surface area contributed by atoms with Gasteiger partial charge in [0.15, 0.2) is 0 Å². The van der Waals surface area contributed by atoms with E-state index in [4.69, 9.17) is 66.3 Å². The topological polar surface area (TPSA) is 424 Å². The number of aromatic nitrogens is 3. The third-order valence-corrected chi connectivity index (χ3v) is 14.8. The highest BCUT2D eigenvalue weighted by Crippen LogP contribution is 2.29. The van der Waals surface area contributed by atoms with Gasteiger partial charge in [0.2, 0.25) is 0 Å². The van der Waals surface area contributed by atoms with Crippen molar-refractivity contribution in [1.82, 2.24) is 24.3 Å². The zero-order chi connectivity index (χ0) is 78.7. The highest BCUT2D eigenvalue weighted by molar-refractivity contribution is 5.84. The van der Waals surface area contributed by atoms with Crippen molar-refractivity contribution >= 4 is 71.9 Å². The molecular weight excluding hydrogens is 1390 g/mol. The number of hydrogen-bond acceptors (Lipinski definition) is 29. The summed E-state index contributed by atoms with van der Waals surface area (Å²) in [5, 5.41) is 5.18. The molecule has 0 bridgehead atoms. The van der Waals surface area contributed by atoms with Crippen LogP contribution in [0.4, 0.5) is 9.59 Å². The highest BCUT2D eigenvalue weighted by atomic mass is 16.6. The Morgan fingerprint density at radius 1 is 0.276 bits per heavy atom. The van der Waals surface area contributed by atoms with Crippen molar-refractivity contribution in [2.75, 3.05) is 119 Å². The SMILES string of the molecule is C=CC(=O)OCC(COCC(COC(=O)C=C)(COC(=O)C=C)COC(=O)NCCCCCCn1c(=O)n(CCCC)c(=O)n(CCCCCCNC(=O)OCC(COCC(COC(=O)C=C)(COC(=O)C=C)COC(=O)C=C)(COC(=O)C=C)COC(=O)C=C)c1=O)(COC(=O)C=C)COC(=O)C=C. The van der Waals surface area contributed by atoms with Crippen LogP contribution in [0, 0.1) is 21.7 Å². The number of esters is 10. The summed E-state index contributed by atoms with van der Waals surface area (Å²) in [5.74, 6) is -9.09. The largest absolute Gasteiger partial charge is 0.462 e. The number of amides is 2. The van der Waals surface area contributed by atoms with Crippen LogP contribution in [0.1, 0.15) is 71.1 Å². The van der Waals surface area contributed by atoms with Gasteiger partial charge in [-0.05, 0) is 32.1 Å². The second-order valence-corrected chi connectivity index (χ2v) is 23.6. The van der Waals surface area contributed by atoms with Gasteiger partial charge in [0.1, 0.15) is 79.3 Å². The Labute approximate surface area is 607 Å². The summed E-state index contributed by atoms with van der Waals surface area (Å²) in [6, 6.07) is 0. The molecule has 0 spiro atoms. The van der Waals surface area contributed by atoms with Gasteiger partial charge < -0.3 is 76.9 Å². The number of rotatable bonds is 59. The Balaban J connectivity index is 3.20. The molecule has 34 heteroatoms. The highest BCUT2D eigenvalue weighted by Gasteiger charge is 2.43. The molecule has 0 aromatic carbocycles. The molecule has 0 aliphatic rings. The fourth-order valence-electron chi connectivity index (χ4n) is 8.79. The monoisotopic (exact) mass is 1480 g/mol. The number of nitrogens with one attached hydrogen (secondary N) is 2. The quantitative estimate of drug-likeness (QED) is 0.0405. The van der Waals surface area contributed by atoms with Gasteiger partial charge in [-0.1, -0.05) is 105 Å². The maximum atomic E-state index is 13.8. The van der Waals surface area contributed by atoms with E-state index < -0.39 is 216 Å². The van der Waals surface area contributed by atoms with E-state index >= 15 is 0 Å². The zero-order valence-corrected chi connectivity index (χ0v) is 59.4. The van der Waals surface area contributed by atoms with Gasteiger partial charge in [-0.15, -0.1) is 0 Å². The predicted molar refractivity (Wildman–Crippen MR) is 373 cm³/mol. The third-order valence-electron chi connectivity index (χ3n) is 14.8. The minimum absolute atomic E-state index is 0.0484. The number of carbonyl (C=O) groups excluding carboxylic acids is 12. The Morgan fingerprint density at radius 3 is 0.648 bits per heavy atom. The van der Waals surface area contributed by atoms with E-state index in [9.17, 15) is 71.9 Å². The molecule has 0 atom stereocenters. The predicted octanol–water partition coefficient (Wildman–Crippen LogP) is 3.82. The minimum atomic E-state index is -1.68. The molecule has 0 saturated carbocycles. The maximum Gasteiger partial charge on any atom is 0.407 e. The molecule has 0 saturated heterocycles. The van der Waals surface area contributed by atoms with Crippen LogP contribution in [0.25, 0.3) is 0 Å². The molecule has 2 N–H and O–H groups in total.